The number of aliphatic carboxylic acids is 2. The molecule has 0 fully saturated rings. The van der Waals surface area contributed by atoms with Gasteiger partial charge in [-0.2, -0.15) is 0 Å². The summed E-state index contributed by atoms with van der Waals surface area (Å²) >= 11 is 0. The Bertz CT molecular complexity index is 648. The van der Waals surface area contributed by atoms with Gasteiger partial charge in [0.2, 0.25) is 0 Å². The summed E-state index contributed by atoms with van der Waals surface area (Å²) in [7, 11) is 0. The first kappa shape index (κ1) is 24.0. The van der Waals surface area contributed by atoms with Crippen molar-refractivity contribution in [2.45, 2.75) is 85.2 Å². The Morgan fingerprint density at radius 3 is 1.75 bits per heavy atom. The predicted octanol–water partition coefficient (Wildman–Crippen LogP) is 5.68. The Labute approximate surface area is 169 Å². The van der Waals surface area contributed by atoms with Crippen molar-refractivity contribution in [3.8, 4) is 5.75 Å². The topological polar surface area (TPSA) is 83.8 Å². The second-order valence-electron chi connectivity index (χ2n) is 8.65. The van der Waals surface area contributed by atoms with E-state index in [4.69, 9.17) is 4.74 Å². The molecule has 0 saturated heterocycles. The SMILES string of the molecule is CC(C)CCC(C(=O)O)c1cccc(OC(C)C)c1C(CCC(C)C)C(=O)O. The molecule has 1 rings (SSSR count). The molecular weight excluding hydrogens is 356 g/mol. The largest absolute Gasteiger partial charge is 0.491 e. The number of ether oxygens (including phenoxy) is 1. The second kappa shape index (κ2) is 11.1. The molecule has 0 radical (unpaired) electrons. The molecule has 0 aliphatic heterocycles. The first-order chi connectivity index (χ1) is 13.0. The zero-order valence-corrected chi connectivity index (χ0v) is 18.1. The number of hydrogen-bond acceptors (Lipinski definition) is 3. The van der Waals surface area contributed by atoms with Gasteiger partial charge in [0.05, 0.1) is 17.9 Å². The number of benzene rings is 1. The van der Waals surface area contributed by atoms with E-state index < -0.39 is 23.8 Å². The molecule has 5 nitrogen and oxygen atoms in total. The van der Waals surface area contributed by atoms with Crippen LogP contribution in [0, 0.1) is 11.8 Å². The normalized spacial score (nSPS) is 13.8. The van der Waals surface area contributed by atoms with E-state index in [2.05, 4.69) is 27.7 Å². The van der Waals surface area contributed by atoms with Gasteiger partial charge in [0, 0.05) is 5.56 Å². The van der Waals surface area contributed by atoms with Crippen molar-refractivity contribution in [2.24, 2.45) is 11.8 Å². The molecule has 0 bridgehead atoms. The molecule has 1 aromatic rings. The van der Waals surface area contributed by atoms with Gasteiger partial charge in [0.15, 0.2) is 0 Å². The summed E-state index contributed by atoms with van der Waals surface area (Å²) in [6.45, 7) is 12.0. The fourth-order valence-electron chi connectivity index (χ4n) is 3.40. The first-order valence-electron chi connectivity index (χ1n) is 10.3. The molecule has 1 aromatic carbocycles. The zero-order chi connectivity index (χ0) is 21.4. The summed E-state index contributed by atoms with van der Waals surface area (Å²) in [6.07, 6.45) is 2.30. The van der Waals surface area contributed by atoms with E-state index in [9.17, 15) is 19.8 Å². The number of hydrogen-bond donors (Lipinski definition) is 2. The van der Waals surface area contributed by atoms with E-state index in [1.165, 1.54) is 0 Å². The van der Waals surface area contributed by atoms with Crippen molar-refractivity contribution in [3.63, 3.8) is 0 Å². The van der Waals surface area contributed by atoms with Crippen molar-refractivity contribution in [3.05, 3.63) is 29.3 Å². The van der Waals surface area contributed by atoms with Gasteiger partial charge in [-0.05, 0) is 63.0 Å². The minimum Gasteiger partial charge on any atom is -0.491 e. The van der Waals surface area contributed by atoms with E-state index >= 15 is 0 Å². The molecule has 0 heterocycles. The summed E-state index contributed by atoms with van der Waals surface area (Å²) in [5, 5.41) is 19.8. The second-order valence-corrected chi connectivity index (χ2v) is 8.65. The van der Waals surface area contributed by atoms with E-state index in [-0.39, 0.29) is 6.10 Å². The first-order valence-corrected chi connectivity index (χ1v) is 10.3. The Morgan fingerprint density at radius 1 is 0.821 bits per heavy atom. The van der Waals surface area contributed by atoms with Crippen molar-refractivity contribution in [1.82, 2.24) is 0 Å². The molecule has 5 heteroatoms. The van der Waals surface area contributed by atoms with Gasteiger partial charge in [0.25, 0.3) is 0 Å². The van der Waals surface area contributed by atoms with Gasteiger partial charge in [-0.3, -0.25) is 9.59 Å². The lowest BCUT2D eigenvalue weighted by Crippen LogP contribution is -2.21. The maximum absolute atomic E-state index is 12.2. The van der Waals surface area contributed by atoms with Gasteiger partial charge in [-0.15, -0.1) is 0 Å². The van der Waals surface area contributed by atoms with Crippen LogP contribution < -0.4 is 4.74 Å². The van der Waals surface area contributed by atoms with Gasteiger partial charge in [0.1, 0.15) is 5.75 Å². The third-order valence-electron chi connectivity index (χ3n) is 4.85. The standard InChI is InChI=1S/C23H36O5/c1-14(2)10-12-18(22(24)25)17-8-7-9-20(28-16(5)6)21(17)19(23(26)27)13-11-15(3)4/h7-9,14-16,18-19H,10-13H2,1-6H3,(H,24,25)(H,26,27). The molecular formula is C23H36O5. The number of carbonyl (C=O) groups is 2. The van der Waals surface area contributed by atoms with Crippen LogP contribution in [0.3, 0.4) is 0 Å². The van der Waals surface area contributed by atoms with Crippen molar-refractivity contribution in [1.29, 1.82) is 0 Å². The maximum atomic E-state index is 12.2. The molecule has 158 valence electrons. The zero-order valence-electron chi connectivity index (χ0n) is 18.1. The lowest BCUT2D eigenvalue weighted by molar-refractivity contribution is -0.140. The van der Waals surface area contributed by atoms with Gasteiger partial charge >= 0.3 is 11.9 Å². The minimum absolute atomic E-state index is 0.132. The highest BCUT2D eigenvalue weighted by molar-refractivity contribution is 5.82. The van der Waals surface area contributed by atoms with E-state index in [0.29, 0.717) is 41.6 Å². The summed E-state index contributed by atoms with van der Waals surface area (Å²) in [4.78, 5) is 24.2. The van der Waals surface area contributed by atoms with Crippen LogP contribution in [0.4, 0.5) is 0 Å². The average Bonchev–Trinajstić information content (AvgIpc) is 2.55. The van der Waals surface area contributed by atoms with E-state index in [1.54, 1.807) is 18.2 Å². The average molecular weight is 393 g/mol. The molecule has 0 aliphatic rings. The van der Waals surface area contributed by atoms with Crippen molar-refractivity contribution < 1.29 is 24.5 Å². The number of carboxylic acid groups (broad SMARTS) is 2. The predicted molar refractivity (Wildman–Crippen MR) is 111 cm³/mol. The summed E-state index contributed by atoms with van der Waals surface area (Å²) in [5.74, 6) is -2.16. The van der Waals surface area contributed by atoms with Crippen LogP contribution in [0.5, 0.6) is 5.75 Å². The third-order valence-corrected chi connectivity index (χ3v) is 4.85. The molecule has 28 heavy (non-hydrogen) atoms. The van der Waals surface area contributed by atoms with E-state index in [1.807, 2.05) is 13.8 Å². The Kier molecular flexibility index (Phi) is 9.50. The maximum Gasteiger partial charge on any atom is 0.311 e. The molecule has 0 spiro atoms. The highest BCUT2D eigenvalue weighted by atomic mass is 16.5. The fourth-order valence-corrected chi connectivity index (χ4v) is 3.40. The van der Waals surface area contributed by atoms with Crippen LogP contribution in [0.2, 0.25) is 0 Å². The van der Waals surface area contributed by atoms with Gasteiger partial charge in [-0.25, -0.2) is 0 Å². The minimum atomic E-state index is -0.935. The molecule has 0 aromatic heterocycles. The van der Waals surface area contributed by atoms with Crippen molar-refractivity contribution >= 4 is 11.9 Å². The summed E-state index contributed by atoms with van der Waals surface area (Å²) in [6, 6.07) is 5.28. The molecule has 2 N–H and O–H groups in total. The van der Waals surface area contributed by atoms with Crippen LogP contribution in [0.1, 0.15) is 90.2 Å². The smallest absolute Gasteiger partial charge is 0.311 e. The van der Waals surface area contributed by atoms with Crippen LogP contribution in [-0.2, 0) is 9.59 Å². The Balaban J connectivity index is 3.52. The molecule has 0 amide bonds. The molecule has 2 unspecified atom stereocenters. The lowest BCUT2D eigenvalue weighted by Gasteiger charge is -2.25. The van der Waals surface area contributed by atoms with Crippen LogP contribution >= 0.6 is 0 Å². The van der Waals surface area contributed by atoms with Gasteiger partial charge in [-0.1, -0.05) is 39.8 Å². The van der Waals surface area contributed by atoms with Crippen LogP contribution in [0.15, 0.2) is 18.2 Å². The Hall–Kier alpha value is -2.04. The summed E-state index contributed by atoms with van der Waals surface area (Å²) in [5.41, 5.74) is 1.10. The molecule has 0 aliphatic carbocycles. The molecule has 0 saturated carbocycles. The number of carboxylic acids is 2. The summed E-state index contributed by atoms with van der Waals surface area (Å²) < 4.78 is 5.92. The Morgan fingerprint density at radius 2 is 1.32 bits per heavy atom. The van der Waals surface area contributed by atoms with Crippen LogP contribution in [0.25, 0.3) is 0 Å². The van der Waals surface area contributed by atoms with Crippen molar-refractivity contribution in [2.75, 3.05) is 0 Å². The van der Waals surface area contributed by atoms with Crippen LogP contribution in [-0.4, -0.2) is 28.3 Å². The fraction of sp³-hybridized carbons (Fsp3) is 0.652. The third kappa shape index (κ3) is 7.17. The monoisotopic (exact) mass is 392 g/mol. The molecule has 2 atom stereocenters. The van der Waals surface area contributed by atoms with Gasteiger partial charge < -0.3 is 14.9 Å². The highest BCUT2D eigenvalue weighted by Gasteiger charge is 2.32. The quantitative estimate of drug-likeness (QED) is 0.478. The highest BCUT2D eigenvalue weighted by Crippen LogP contribution is 2.39. The number of rotatable bonds is 12. The lowest BCUT2D eigenvalue weighted by atomic mass is 9.81. The van der Waals surface area contributed by atoms with E-state index in [0.717, 1.165) is 12.8 Å².